The van der Waals surface area contributed by atoms with Crippen LogP contribution < -0.4 is 5.32 Å². The number of halogens is 1. The summed E-state index contributed by atoms with van der Waals surface area (Å²) in [7, 11) is 0.534. The maximum Gasteiger partial charge on any atom is 0.223 e. The van der Waals surface area contributed by atoms with Gasteiger partial charge in [-0.3, -0.25) is 4.79 Å². The highest BCUT2D eigenvalue weighted by Crippen LogP contribution is 2.22. The van der Waals surface area contributed by atoms with Gasteiger partial charge in [0.25, 0.3) is 0 Å². The maximum absolute atomic E-state index is 12.6. The van der Waals surface area contributed by atoms with Crippen LogP contribution in [-0.4, -0.2) is 63.8 Å². The van der Waals surface area contributed by atoms with Gasteiger partial charge in [0, 0.05) is 37.1 Å². The van der Waals surface area contributed by atoms with Crippen LogP contribution in [0.3, 0.4) is 0 Å². The molecule has 1 aliphatic heterocycles. The average Bonchev–Trinajstić information content (AvgIpc) is 2.56. The third-order valence-corrected chi connectivity index (χ3v) is 6.44. The Morgan fingerprint density at radius 2 is 1.84 bits per heavy atom. The second-order valence-corrected chi connectivity index (χ2v) is 9.06. The molecule has 1 aromatic carbocycles. The lowest BCUT2D eigenvalue weighted by molar-refractivity contribution is -0.126. The number of amides is 1. The number of piperidine rings is 1. The van der Waals surface area contributed by atoms with Gasteiger partial charge < -0.3 is 10.2 Å². The molecular formula is C17H26ClN3O3S. The first-order chi connectivity index (χ1) is 11.8. The standard InChI is InChI=1S/C17H26ClN3O3S/c1-20(2)12-9-19-17(22)15-7-10-21(11-8-15)25(23,24)13-14-3-5-16(18)6-4-14/h3-6,15H,7-13H2,1-2H3,(H,19,22). The van der Waals surface area contributed by atoms with E-state index in [2.05, 4.69) is 5.32 Å². The molecule has 0 saturated carbocycles. The Morgan fingerprint density at radius 3 is 2.40 bits per heavy atom. The molecule has 1 amide bonds. The summed E-state index contributed by atoms with van der Waals surface area (Å²) in [4.78, 5) is 14.2. The first-order valence-corrected chi connectivity index (χ1v) is 10.4. The van der Waals surface area contributed by atoms with Gasteiger partial charge in [0.05, 0.1) is 5.75 Å². The highest BCUT2D eigenvalue weighted by molar-refractivity contribution is 7.88. The molecule has 2 rings (SSSR count). The number of hydrogen-bond donors (Lipinski definition) is 1. The molecule has 6 nitrogen and oxygen atoms in total. The quantitative estimate of drug-likeness (QED) is 0.770. The van der Waals surface area contributed by atoms with E-state index in [1.54, 1.807) is 24.3 Å². The van der Waals surface area contributed by atoms with E-state index in [1.165, 1.54) is 4.31 Å². The van der Waals surface area contributed by atoms with E-state index < -0.39 is 10.0 Å². The highest BCUT2D eigenvalue weighted by atomic mass is 35.5. The molecule has 1 aromatic rings. The van der Waals surface area contributed by atoms with Gasteiger partial charge in [0.1, 0.15) is 0 Å². The van der Waals surface area contributed by atoms with Crippen molar-refractivity contribution in [2.45, 2.75) is 18.6 Å². The summed E-state index contributed by atoms with van der Waals surface area (Å²) in [5.41, 5.74) is 0.716. The molecule has 0 spiro atoms. The zero-order valence-corrected chi connectivity index (χ0v) is 16.3. The van der Waals surface area contributed by atoms with Gasteiger partial charge in [-0.1, -0.05) is 23.7 Å². The molecule has 25 heavy (non-hydrogen) atoms. The van der Waals surface area contributed by atoms with E-state index >= 15 is 0 Å². The molecular weight excluding hydrogens is 362 g/mol. The number of carbonyl (C=O) groups excluding carboxylic acids is 1. The first kappa shape index (κ1) is 20.2. The molecule has 1 N–H and O–H groups in total. The molecule has 1 saturated heterocycles. The van der Waals surface area contributed by atoms with Crippen LogP contribution in [0.5, 0.6) is 0 Å². The Hall–Kier alpha value is -1.15. The fourth-order valence-corrected chi connectivity index (χ4v) is 4.52. The summed E-state index contributed by atoms with van der Waals surface area (Å²) >= 11 is 5.83. The lowest BCUT2D eigenvalue weighted by Crippen LogP contribution is -2.44. The number of benzene rings is 1. The van der Waals surface area contributed by atoms with Crippen molar-refractivity contribution in [2.24, 2.45) is 5.92 Å². The normalized spacial score (nSPS) is 17.0. The SMILES string of the molecule is CN(C)CCNC(=O)C1CCN(S(=O)(=O)Cc2ccc(Cl)cc2)CC1. The topological polar surface area (TPSA) is 69.7 Å². The van der Waals surface area contributed by atoms with Crippen LogP contribution in [0.2, 0.25) is 5.02 Å². The third kappa shape index (κ3) is 6.26. The largest absolute Gasteiger partial charge is 0.355 e. The lowest BCUT2D eigenvalue weighted by atomic mass is 9.97. The van der Waals surface area contributed by atoms with Crippen LogP contribution in [0.25, 0.3) is 0 Å². The number of nitrogens with zero attached hydrogens (tertiary/aromatic N) is 2. The van der Waals surface area contributed by atoms with Crippen LogP contribution in [0.15, 0.2) is 24.3 Å². The van der Waals surface area contributed by atoms with E-state index in [9.17, 15) is 13.2 Å². The number of nitrogens with one attached hydrogen (secondary N) is 1. The van der Waals surface area contributed by atoms with Crippen LogP contribution in [0.1, 0.15) is 18.4 Å². The van der Waals surface area contributed by atoms with E-state index in [0.717, 1.165) is 6.54 Å². The minimum absolute atomic E-state index is 0.0246. The highest BCUT2D eigenvalue weighted by Gasteiger charge is 2.31. The van der Waals surface area contributed by atoms with Crippen molar-refractivity contribution in [1.29, 1.82) is 0 Å². The van der Waals surface area contributed by atoms with Crippen molar-refractivity contribution in [2.75, 3.05) is 40.3 Å². The van der Waals surface area contributed by atoms with Crippen molar-refractivity contribution in [3.8, 4) is 0 Å². The van der Waals surface area contributed by atoms with E-state index in [-0.39, 0.29) is 17.6 Å². The van der Waals surface area contributed by atoms with E-state index in [0.29, 0.717) is 43.1 Å². The fourth-order valence-electron chi connectivity index (χ4n) is 2.83. The Kier molecular flexibility index (Phi) is 7.25. The van der Waals surface area contributed by atoms with Crippen molar-refractivity contribution < 1.29 is 13.2 Å². The van der Waals surface area contributed by atoms with Gasteiger partial charge in [-0.15, -0.1) is 0 Å². The minimum Gasteiger partial charge on any atom is -0.355 e. The molecule has 0 bridgehead atoms. The molecule has 8 heteroatoms. The molecule has 0 aromatic heterocycles. The Morgan fingerprint density at radius 1 is 1.24 bits per heavy atom. The number of likely N-dealkylation sites (N-methyl/N-ethyl adjacent to an activating group) is 1. The Bertz CT molecular complexity index is 669. The minimum atomic E-state index is -3.37. The van der Waals surface area contributed by atoms with Gasteiger partial charge in [-0.2, -0.15) is 0 Å². The zero-order chi connectivity index (χ0) is 18.4. The summed E-state index contributed by atoms with van der Waals surface area (Å²) in [6.07, 6.45) is 1.13. The smallest absolute Gasteiger partial charge is 0.223 e. The fraction of sp³-hybridized carbons (Fsp3) is 0.588. The number of carbonyl (C=O) groups is 1. The van der Waals surface area contributed by atoms with Crippen LogP contribution in [0.4, 0.5) is 0 Å². The predicted molar refractivity (Wildman–Crippen MR) is 99.9 cm³/mol. The maximum atomic E-state index is 12.6. The van der Waals surface area contributed by atoms with Gasteiger partial charge in [0.15, 0.2) is 0 Å². The van der Waals surface area contributed by atoms with E-state index in [1.807, 2.05) is 19.0 Å². The lowest BCUT2D eigenvalue weighted by Gasteiger charge is -2.30. The van der Waals surface area contributed by atoms with Crippen LogP contribution in [-0.2, 0) is 20.6 Å². The van der Waals surface area contributed by atoms with Gasteiger partial charge in [-0.25, -0.2) is 12.7 Å². The summed E-state index contributed by atoms with van der Waals surface area (Å²) < 4.78 is 26.6. The predicted octanol–water partition coefficient (Wildman–Crippen LogP) is 1.56. The number of rotatable bonds is 7. The summed E-state index contributed by atoms with van der Waals surface area (Å²) in [6, 6.07) is 6.84. The Labute approximate surface area is 155 Å². The van der Waals surface area contributed by atoms with Crippen LogP contribution in [0, 0.1) is 5.92 Å². The molecule has 0 atom stereocenters. The Balaban J connectivity index is 1.84. The van der Waals surface area contributed by atoms with Gasteiger partial charge >= 0.3 is 0 Å². The van der Waals surface area contributed by atoms with E-state index in [4.69, 9.17) is 11.6 Å². The average molecular weight is 388 g/mol. The molecule has 0 unspecified atom stereocenters. The number of sulfonamides is 1. The van der Waals surface area contributed by atoms with Crippen molar-refractivity contribution in [1.82, 2.24) is 14.5 Å². The second-order valence-electron chi connectivity index (χ2n) is 6.65. The first-order valence-electron chi connectivity index (χ1n) is 8.42. The van der Waals surface area contributed by atoms with Crippen molar-refractivity contribution >= 4 is 27.5 Å². The molecule has 0 aliphatic carbocycles. The molecule has 1 fully saturated rings. The number of hydrogen-bond acceptors (Lipinski definition) is 4. The molecule has 1 heterocycles. The molecule has 1 aliphatic rings. The van der Waals surface area contributed by atoms with Crippen molar-refractivity contribution in [3.63, 3.8) is 0 Å². The second kappa shape index (κ2) is 8.98. The van der Waals surface area contributed by atoms with Gasteiger partial charge in [-0.05, 0) is 44.6 Å². The summed E-state index contributed by atoms with van der Waals surface area (Å²) in [5.74, 6) is -0.120. The molecule has 140 valence electrons. The van der Waals surface area contributed by atoms with Gasteiger partial charge in [0.2, 0.25) is 15.9 Å². The third-order valence-electron chi connectivity index (χ3n) is 4.34. The molecule has 0 radical (unpaired) electrons. The monoisotopic (exact) mass is 387 g/mol. The van der Waals surface area contributed by atoms with Crippen LogP contribution >= 0.6 is 11.6 Å². The van der Waals surface area contributed by atoms with Crippen molar-refractivity contribution in [3.05, 3.63) is 34.9 Å². The summed E-state index contributed by atoms with van der Waals surface area (Å²) in [6.45, 7) is 2.18. The zero-order valence-electron chi connectivity index (χ0n) is 14.7. The summed E-state index contributed by atoms with van der Waals surface area (Å²) in [5, 5.41) is 3.51.